The molecule has 0 radical (unpaired) electrons. The Morgan fingerprint density at radius 1 is 0.181 bits per heavy atom. The molecular formula is C72H56NaO12P4RhS4. The average Bonchev–Trinajstić information content (AvgIpc) is 0.845. The van der Waals surface area contributed by atoms with Crippen LogP contribution >= 0.6 is 31.7 Å². The molecule has 0 fully saturated rings. The van der Waals surface area contributed by atoms with Crippen molar-refractivity contribution in [3.8, 4) is 0 Å². The number of rotatable bonds is 16. The molecule has 0 unspecified atom stereocenters. The molecule has 0 saturated heterocycles. The molecule has 0 aromatic heterocycles. The first kappa shape index (κ1) is 75.0. The predicted octanol–water partition coefficient (Wildman–Crippen LogP) is 6.40. The van der Waals surface area contributed by atoms with Crippen LogP contribution in [0.5, 0.6) is 0 Å². The van der Waals surface area contributed by atoms with Crippen LogP contribution in [0.3, 0.4) is 0 Å². The van der Waals surface area contributed by atoms with E-state index in [1.54, 1.807) is 24.3 Å². The van der Waals surface area contributed by atoms with Crippen molar-refractivity contribution in [2.75, 3.05) is 0 Å². The Bertz CT molecular complexity index is 4050. The van der Waals surface area contributed by atoms with Gasteiger partial charge in [-0.05, 0) is 144 Å². The SMILES string of the molecule is O=S(=O)([O-])c1cccc(P(c2ccccc2)c2ccccc2)c1.O=S(=O)([O-])c1cccc(P(c2ccccc2)c2ccccc2)c1.O=S(=O)([O-])c1cccc(P(c2ccccc2)c2ccccc2)c1.O=S(=O)([O-])c1cccc(P(c2ccccc2)c2ccccc2)c1.[Na+].[Rh+3]. The first-order valence-corrected chi connectivity index (χ1v) is 39.1. The third-order valence-corrected chi connectivity index (χ3v) is 26.6. The van der Waals surface area contributed by atoms with Crippen LogP contribution in [0.1, 0.15) is 0 Å². The summed E-state index contributed by atoms with van der Waals surface area (Å²) < 4.78 is 136. The van der Waals surface area contributed by atoms with Crippen LogP contribution in [0.25, 0.3) is 0 Å². The molecule has 94 heavy (non-hydrogen) atoms. The molecule has 0 bridgehead atoms. The molecule has 0 N–H and O–H groups in total. The van der Waals surface area contributed by atoms with Crippen LogP contribution in [-0.4, -0.2) is 51.9 Å². The maximum absolute atomic E-state index is 11.3. The molecule has 0 heterocycles. The fourth-order valence-corrected chi connectivity index (χ4v) is 21.3. The van der Waals surface area contributed by atoms with Crippen molar-refractivity contribution in [2.24, 2.45) is 0 Å². The maximum atomic E-state index is 11.3. The van der Waals surface area contributed by atoms with Gasteiger partial charge in [-0.3, -0.25) is 0 Å². The standard InChI is InChI=1S/4C18H15O3PS.Na.Rh/c4*19-23(20,21)18-13-7-12-17(14-18)22(15-8-3-1-4-9-15)16-10-5-2-6-11-16;;/h4*1-14H,(H,19,20,21);;/q;;;;+1;+3/p-4. The van der Waals surface area contributed by atoms with E-state index in [9.17, 15) is 51.9 Å². The van der Waals surface area contributed by atoms with Crippen LogP contribution in [-0.2, 0) is 60.0 Å². The topological polar surface area (TPSA) is 229 Å². The second-order valence-corrected chi connectivity index (χ2v) is 34.2. The van der Waals surface area contributed by atoms with Crippen LogP contribution in [0.2, 0.25) is 0 Å². The first-order chi connectivity index (χ1) is 44.2. The monoisotopic (exact) mass is 1490 g/mol. The van der Waals surface area contributed by atoms with E-state index in [0.29, 0.717) is 0 Å². The summed E-state index contributed by atoms with van der Waals surface area (Å²) in [5.41, 5.74) is 0. The van der Waals surface area contributed by atoms with Gasteiger partial charge >= 0.3 is 49.0 Å². The minimum atomic E-state index is -4.46. The molecule has 0 saturated carbocycles. The van der Waals surface area contributed by atoms with E-state index in [1.807, 2.05) is 267 Å². The van der Waals surface area contributed by atoms with Crippen molar-refractivity contribution in [1.29, 1.82) is 0 Å². The van der Waals surface area contributed by atoms with Gasteiger partial charge in [-0.25, -0.2) is 33.7 Å². The molecule has 12 rings (SSSR count). The van der Waals surface area contributed by atoms with Gasteiger partial charge in [0, 0.05) is 0 Å². The van der Waals surface area contributed by atoms with Crippen molar-refractivity contribution < 1.29 is 101 Å². The fourth-order valence-electron chi connectivity index (χ4n) is 9.52. The summed E-state index contributed by atoms with van der Waals surface area (Å²) in [5, 5.41) is 12.2. The van der Waals surface area contributed by atoms with Crippen molar-refractivity contribution in [3.05, 3.63) is 340 Å². The third kappa shape index (κ3) is 21.3. The van der Waals surface area contributed by atoms with Crippen molar-refractivity contribution >= 4 is 136 Å². The molecule has 22 heteroatoms. The van der Waals surface area contributed by atoms with Crippen LogP contribution in [0.4, 0.5) is 0 Å². The molecule has 12 aromatic rings. The summed E-state index contributed by atoms with van der Waals surface area (Å²) in [6.45, 7) is 0. The van der Waals surface area contributed by atoms with Gasteiger partial charge in [0.1, 0.15) is 40.5 Å². The third-order valence-electron chi connectivity index (χ3n) is 13.6. The van der Waals surface area contributed by atoms with E-state index in [1.165, 1.54) is 48.5 Å². The van der Waals surface area contributed by atoms with Gasteiger partial charge in [0.15, 0.2) is 0 Å². The summed E-state index contributed by atoms with van der Waals surface area (Å²) in [6, 6.07) is 105. The smallest absolute Gasteiger partial charge is 0.744 e. The summed E-state index contributed by atoms with van der Waals surface area (Å²) in [7, 11) is -21.5. The second-order valence-electron chi connectivity index (χ2n) is 19.8. The Morgan fingerprint density at radius 2 is 0.298 bits per heavy atom. The Labute approximate surface area is 590 Å². The van der Waals surface area contributed by atoms with Crippen molar-refractivity contribution in [2.45, 2.75) is 19.6 Å². The Kier molecular flexibility index (Phi) is 28.4. The van der Waals surface area contributed by atoms with Gasteiger partial charge in [-0.15, -0.1) is 0 Å². The Hall–Kier alpha value is -6.38. The van der Waals surface area contributed by atoms with Crippen LogP contribution < -0.4 is 93.2 Å². The first-order valence-electron chi connectivity index (χ1n) is 28.1. The van der Waals surface area contributed by atoms with E-state index in [4.69, 9.17) is 0 Å². The Morgan fingerprint density at radius 3 is 0.415 bits per heavy atom. The van der Waals surface area contributed by atoms with Gasteiger partial charge in [0.25, 0.3) is 0 Å². The van der Waals surface area contributed by atoms with Gasteiger partial charge in [-0.2, -0.15) is 0 Å². The number of hydrogen-bond acceptors (Lipinski definition) is 12. The van der Waals surface area contributed by atoms with E-state index in [2.05, 4.69) is 0 Å². The van der Waals surface area contributed by atoms with E-state index in [-0.39, 0.29) is 68.6 Å². The molecule has 0 aliphatic heterocycles. The maximum Gasteiger partial charge on any atom is 3.00 e. The molecule has 12 aromatic carbocycles. The zero-order valence-electron chi connectivity index (χ0n) is 50.0. The fraction of sp³-hybridized carbons (Fsp3) is 0. The van der Waals surface area contributed by atoms with E-state index >= 15 is 0 Å². The summed E-state index contributed by atoms with van der Waals surface area (Å²) >= 11 is 0. The molecule has 0 aliphatic carbocycles. The van der Waals surface area contributed by atoms with Crippen molar-refractivity contribution in [3.63, 3.8) is 0 Å². The van der Waals surface area contributed by atoms with E-state index < -0.39 is 72.2 Å². The number of benzene rings is 12. The van der Waals surface area contributed by atoms with E-state index in [0.717, 1.165) is 63.7 Å². The summed E-state index contributed by atoms with van der Waals surface area (Å²) in [6.07, 6.45) is 0. The minimum absolute atomic E-state index is 0. The minimum Gasteiger partial charge on any atom is -0.744 e. The predicted molar refractivity (Wildman–Crippen MR) is 372 cm³/mol. The molecule has 0 spiro atoms. The summed E-state index contributed by atoms with van der Waals surface area (Å²) in [5.74, 6) is 0. The quantitative estimate of drug-likeness (QED) is 0.0582. The normalized spacial score (nSPS) is 11.3. The molecule has 470 valence electrons. The molecule has 0 atom stereocenters. The van der Waals surface area contributed by atoms with Gasteiger partial charge in [0.2, 0.25) is 0 Å². The molecule has 0 aliphatic rings. The summed E-state index contributed by atoms with van der Waals surface area (Å²) in [4.78, 5) is -0.743. The van der Waals surface area contributed by atoms with Gasteiger partial charge in [0.05, 0.1) is 19.6 Å². The van der Waals surface area contributed by atoms with Crippen molar-refractivity contribution in [1.82, 2.24) is 0 Å². The van der Waals surface area contributed by atoms with Gasteiger partial charge in [-0.1, -0.05) is 291 Å². The molecule has 0 amide bonds. The van der Waals surface area contributed by atoms with Crippen LogP contribution in [0.15, 0.2) is 359 Å². The molecule has 12 nitrogen and oxygen atoms in total. The Balaban J connectivity index is 0.000000176. The second kappa shape index (κ2) is 35.6. The molecular weight excluding hydrogens is 1430 g/mol. The number of hydrogen-bond donors (Lipinski definition) is 0. The largest absolute Gasteiger partial charge is 3.00 e. The van der Waals surface area contributed by atoms with Gasteiger partial charge < -0.3 is 18.2 Å². The average molecular weight is 1490 g/mol. The zero-order chi connectivity index (χ0) is 65.1. The zero-order valence-corrected chi connectivity index (χ0v) is 60.5. The van der Waals surface area contributed by atoms with Crippen LogP contribution in [0, 0.1) is 0 Å².